The third kappa shape index (κ3) is 1.46. The van der Waals surface area contributed by atoms with Crippen LogP contribution in [-0.2, 0) is 12.8 Å². The number of hydrogen-bond donors (Lipinski definition) is 0. The topological polar surface area (TPSA) is 31.2 Å². The van der Waals surface area contributed by atoms with Gasteiger partial charge in [0.15, 0.2) is 0 Å². The molecule has 3 rings (SSSR count). The first-order chi connectivity index (χ1) is 8.33. The van der Waals surface area contributed by atoms with E-state index in [9.17, 15) is 4.79 Å². The number of fused-ring (bicyclic) bond motifs is 3. The maximum Gasteiger partial charge on any atom is 0.287 e. The molecule has 0 saturated heterocycles. The Morgan fingerprint density at radius 2 is 1.82 bits per heavy atom. The lowest BCUT2D eigenvalue weighted by Crippen LogP contribution is -2.30. The molecule has 0 fully saturated rings. The number of rotatable bonds is 1. The van der Waals surface area contributed by atoms with Gasteiger partial charge >= 0.3 is 0 Å². The summed E-state index contributed by atoms with van der Waals surface area (Å²) in [6, 6.07) is 7.97. The van der Waals surface area contributed by atoms with Crippen LogP contribution in [0.2, 0.25) is 0 Å². The smallest absolute Gasteiger partial charge is 0.287 e. The van der Waals surface area contributed by atoms with Crippen LogP contribution in [0.3, 0.4) is 0 Å². The zero-order chi connectivity index (χ0) is 11.8. The molecule has 0 bridgehead atoms. The molecule has 0 atom stereocenters. The zero-order valence-electron chi connectivity index (χ0n) is 9.90. The van der Waals surface area contributed by atoms with Gasteiger partial charge in [0, 0.05) is 10.9 Å². The maximum absolute atomic E-state index is 12.3. The number of nitrogens with zero attached hydrogens (tertiary/aromatic N) is 1. The van der Waals surface area contributed by atoms with E-state index in [0.717, 1.165) is 35.7 Å². The van der Waals surface area contributed by atoms with E-state index in [-0.39, 0.29) is 5.56 Å². The van der Waals surface area contributed by atoms with Crippen molar-refractivity contribution in [2.24, 2.45) is 0 Å². The van der Waals surface area contributed by atoms with Crippen LogP contribution in [0.5, 0.6) is 0 Å². The Hall–Kier alpha value is -1.77. The Balaban J connectivity index is 2.48. The minimum atomic E-state index is 0.0147. The van der Waals surface area contributed by atoms with E-state index in [2.05, 4.69) is 6.07 Å². The van der Waals surface area contributed by atoms with Gasteiger partial charge in [0.05, 0.1) is 5.52 Å². The summed E-state index contributed by atoms with van der Waals surface area (Å²) in [5.74, 6) is 0. The van der Waals surface area contributed by atoms with Gasteiger partial charge in [-0.3, -0.25) is 4.79 Å². The monoisotopic (exact) mass is 229 g/mol. The summed E-state index contributed by atoms with van der Waals surface area (Å²) in [6.45, 7) is 0. The van der Waals surface area contributed by atoms with Gasteiger partial charge in [0.1, 0.15) is 7.11 Å². The van der Waals surface area contributed by atoms with Crippen molar-refractivity contribution in [1.29, 1.82) is 0 Å². The first kappa shape index (κ1) is 10.4. The molecule has 1 heterocycles. The second kappa shape index (κ2) is 3.91. The Bertz CT molecular complexity index is 628. The molecule has 0 radical (unpaired) electrons. The predicted octanol–water partition coefficient (Wildman–Crippen LogP) is 1.94. The number of benzene rings is 1. The van der Waals surface area contributed by atoms with Gasteiger partial charge in [0.2, 0.25) is 0 Å². The molecular weight excluding hydrogens is 214 g/mol. The molecule has 1 aliphatic carbocycles. The fourth-order valence-electron chi connectivity index (χ4n) is 2.76. The average molecular weight is 229 g/mol. The van der Waals surface area contributed by atoms with Crippen molar-refractivity contribution >= 4 is 10.9 Å². The van der Waals surface area contributed by atoms with E-state index < -0.39 is 0 Å². The van der Waals surface area contributed by atoms with Crippen molar-refractivity contribution in [3.8, 4) is 0 Å². The first-order valence-electron chi connectivity index (χ1n) is 6.03. The quantitative estimate of drug-likeness (QED) is 0.748. The van der Waals surface area contributed by atoms with Gasteiger partial charge in [-0.05, 0) is 37.3 Å². The minimum absolute atomic E-state index is 0.0147. The summed E-state index contributed by atoms with van der Waals surface area (Å²) in [6.07, 6.45) is 4.16. The van der Waals surface area contributed by atoms with Crippen molar-refractivity contribution in [1.82, 2.24) is 4.73 Å². The van der Waals surface area contributed by atoms with Crippen LogP contribution in [0.4, 0.5) is 0 Å². The highest BCUT2D eigenvalue weighted by Gasteiger charge is 2.19. The summed E-state index contributed by atoms with van der Waals surface area (Å²) in [7, 11) is 1.54. The van der Waals surface area contributed by atoms with Crippen LogP contribution in [0.15, 0.2) is 29.1 Å². The number of aryl methyl sites for hydroxylation is 1. The van der Waals surface area contributed by atoms with Crippen molar-refractivity contribution in [2.45, 2.75) is 25.7 Å². The molecule has 0 spiro atoms. The van der Waals surface area contributed by atoms with Crippen molar-refractivity contribution in [3.05, 3.63) is 45.7 Å². The molecule has 0 aliphatic heterocycles. The van der Waals surface area contributed by atoms with Crippen molar-refractivity contribution in [3.63, 3.8) is 0 Å². The van der Waals surface area contributed by atoms with E-state index in [4.69, 9.17) is 4.84 Å². The Labute approximate surface area is 99.6 Å². The summed E-state index contributed by atoms with van der Waals surface area (Å²) < 4.78 is 1.42. The lowest BCUT2D eigenvalue weighted by Gasteiger charge is -2.19. The molecular formula is C14H15NO2. The van der Waals surface area contributed by atoms with Gasteiger partial charge in [-0.1, -0.05) is 18.2 Å². The second-order valence-electron chi connectivity index (χ2n) is 4.46. The molecule has 1 aromatic carbocycles. The molecule has 17 heavy (non-hydrogen) atoms. The highest BCUT2D eigenvalue weighted by molar-refractivity contribution is 5.83. The van der Waals surface area contributed by atoms with Gasteiger partial charge in [0.25, 0.3) is 5.56 Å². The third-order valence-corrected chi connectivity index (χ3v) is 3.54. The van der Waals surface area contributed by atoms with Crippen molar-refractivity contribution in [2.75, 3.05) is 7.11 Å². The Morgan fingerprint density at radius 1 is 1.12 bits per heavy atom. The number of aromatic nitrogens is 1. The molecule has 0 amide bonds. The maximum atomic E-state index is 12.3. The van der Waals surface area contributed by atoms with Crippen LogP contribution >= 0.6 is 0 Å². The molecule has 1 aliphatic rings. The highest BCUT2D eigenvalue weighted by Crippen LogP contribution is 2.25. The number of para-hydroxylation sites is 1. The predicted molar refractivity (Wildman–Crippen MR) is 67.4 cm³/mol. The molecule has 3 heteroatoms. The average Bonchev–Trinajstić information content (AvgIpc) is 2.40. The number of hydrogen-bond acceptors (Lipinski definition) is 2. The van der Waals surface area contributed by atoms with E-state index in [1.807, 2.05) is 18.2 Å². The van der Waals surface area contributed by atoms with Crippen LogP contribution in [0.25, 0.3) is 10.9 Å². The molecule has 88 valence electrons. The molecule has 0 saturated carbocycles. The summed E-state index contributed by atoms with van der Waals surface area (Å²) in [4.78, 5) is 17.5. The van der Waals surface area contributed by atoms with Crippen LogP contribution in [0.1, 0.15) is 24.0 Å². The van der Waals surface area contributed by atoms with E-state index >= 15 is 0 Å². The lowest BCUT2D eigenvalue weighted by molar-refractivity contribution is 0.168. The standard InChI is InChI=1S/C14H15NO2/c1-17-15-13-9-5-4-7-11(13)10-6-2-3-8-12(10)14(15)16/h4-5,7,9H,2-3,6,8H2,1H3. The SMILES string of the molecule is COn1c(=O)c2c(c3ccccc31)CCCC2. The van der Waals surface area contributed by atoms with Crippen LogP contribution in [-0.4, -0.2) is 11.8 Å². The fraction of sp³-hybridized carbons (Fsp3) is 0.357. The number of pyridine rings is 1. The van der Waals surface area contributed by atoms with Gasteiger partial charge in [-0.15, -0.1) is 4.73 Å². The minimum Gasteiger partial charge on any atom is -0.413 e. The Morgan fingerprint density at radius 3 is 2.59 bits per heavy atom. The van der Waals surface area contributed by atoms with E-state index in [0.29, 0.717) is 0 Å². The summed E-state index contributed by atoms with van der Waals surface area (Å²) in [5, 5.41) is 1.16. The molecule has 0 N–H and O–H groups in total. The fourth-order valence-corrected chi connectivity index (χ4v) is 2.76. The normalized spacial score (nSPS) is 14.6. The van der Waals surface area contributed by atoms with E-state index in [1.165, 1.54) is 16.7 Å². The Kier molecular flexibility index (Phi) is 2.39. The summed E-state index contributed by atoms with van der Waals surface area (Å²) in [5.41, 5.74) is 3.06. The molecule has 2 aromatic rings. The highest BCUT2D eigenvalue weighted by atomic mass is 16.6. The lowest BCUT2D eigenvalue weighted by atomic mass is 9.90. The van der Waals surface area contributed by atoms with Gasteiger partial charge in [-0.25, -0.2) is 0 Å². The van der Waals surface area contributed by atoms with Crippen molar-refractivity contribution < 1.29 is 4.84 Å². The van der Waals surface area contributed by atoms with Crippen LogP contribution in [0, 0.1) is 0 Å². The molecule has 1 aromatic heterocycles. The first-order valence-corrected chi connectivity index (χ1v) is 6.03. The van der Waals surface area contributed by atoms with Crippen LogP contribution < -0.4 is 10.4 Å². The van der Waals surface area contributed by atoms with Gasteiger partial charge in [-0.2, -0.15) is 0 Å². The molecule has 3 nitrogen and oxygen atoms in total. The van der Waals surface area contributed by atoms with Gasteiger partial charge < -0.3 is 4.84 Å². The third-order valence-electron chi connectivity index (χ3n) is 3.54. The zero-order valence-corrected chi connectivity index (χ0v) is 9.90. The molecule has 0 unspecified atom stereocenters. The second-order valence-corrected chi connectivity index (χ2v) is 4.46. The largest absolute Gasteiger partial charge is 0.413 e. The summed E-state index contributed by atoms with van der Waals surface area (Å²) >= 11 is 0. The van der Waals surface area contributed by atoms with E-state index in [1.54, 1.807) is 7.11 Å².